The van der Waals surface area contributed by atoms with Gasteiger partial charge in [-0.15, -0.1) is 0 Å². The van der Waals surface area contributed by atoms with Crippen molar-refractivity contribution in [2.24, 2.45) is 0 Å². The normalized spacial score (nSPS) is 15.0. The van der Waals surface area contributed by atoms with E-state index in [1.807, 2.05) is 0 Å². The van der Waals surface area contributed by atoms with E-state index < -0.39 is 5.41 Å². The lowest BCUT2D eigenvalue weighted by Crippen LogP contribution is -2.29. The van der Waals surface area contributed by atoms with Crippen molar-refractivity contribution < 1.29 is 4.79 Å². The molecule has 0 radical (unpaired) electrons. The van der Waals surface area contributed by atoms with Crippen molar-refractivity contribution in [3.05, 3.63) is 60.0 Å². The first kappa shape index (κ1) is 14.8. The summed E-state index contributed by atoms with van der Waals surface area (Å²) in [5, 5.41) is 7.71. The van der Waals surface area contributed by atoms with Gasteiger partial charge in [0.15, 0.2) is 5.82 Å². The highest BCUT2D eigenvalue weighted by molar-refractivity contribution is 6.30. The maximum atomic E-state index is 12.6. The number of anilines is 1. The van der Waals surface area contributed by atoms with Crippen molar-refractivity contribution in [2.45, 2.75) is 18.3 Å². The van der Waals surface area contributed by atoms with Crippen LogP contribution in [-0.2, 0) is 10.2 Å². The predicted octanol–water partition coefficient (Wildman–Crippen LogP) is 2.38. The monoisotopic (exact) mass is 340 g/mol. The lowest BCUT2D eigenvalue weighted by Gasteiger charge is -2.12. The van der Waals surface area contributed by atoms with Crippen LogP contribution in [-0.4, -0.2) is 30.6 Å². The zero-order chi connectivity index (χ0) is 16.6. The Kier molecular flexibility index (Phi) is 3.50. The molecule has 120 valence electrons. The van der Waals surface area contributed by atoms with Gasteiger partial charge in [-0.25, -0.2) is 14.6 Å². The first-order valence-electron chi connectivity index (χ1n) is 7.43. The lowest BCUT2D eigenvalue weighted by atomic mass is 10.1. The third-order valence-corrected chi connectivity index (χ3v) is 4.17. The topological polar surface area (TPSA) is 85.6 Å². The van der Waals surface area contributed by atoms with E-state index >= 15 is 0 Å². The van der Waals surface area contributed by atoms with E-state index in [2.05, 4.69) is 25.4 Å². The van der Waals surface area contributed by atoms with Crippen molar-refractivity contribution >= 4 is 23.3 Å². The van der Waals surface area contributed by atoms with Crippen LogP contribution in [0.5, 0.6) is 0 Å². The largest absolute Gasteiger partial charge is 0.308 e. The number of carbonyl (C=O) groups is 1. The number of halogens is 1. The third kappa shape index (κ3) is 2.63. The van der Waals surface area contributed by atoms with E-state index in [0.717, 1.165) is 18.5 Å². The predicted molar refractivity (Wildman–Crippen MR) is 87.9 cm³/mol. The van der Waals surface area contributed by atoms with Crippen LogP contribution in [0, 0.1) is 0 Å². The molecule has 4 rings (SSSR count). The first-order chi connectivity index (χ1) is 11.7. The Hall–Kier alpha value is -2.80. The van der Waals surface area contributed by atoms with Crippen molar-refractivity contribution in [3.63, 3.8) is 0 Å². The summed E-state index contributed by atoms with van der Waals surface area (Å²) in [5.41, 5.74) is 0.0818. The Morgan fingerprint density at radius 3 is 2.75 bits per heavy atom. The van der Waals surface area contributed by atoms with Gasteiger partial charge in [0, 0.05) is 30.9 Å². The fourth-order valence-corrected chi connectivity index (χ4v) is 2.69. The molecule has 3 aromatic heterocycles. The number of hydrogen-bond donors (Lipinski definition) is 1. The molecule has 1 fully saturated rings. The van der Waals surface area contributed by atoms with Crippen molar-refractivity contribution in [2.75, 3.05) is 5.32 Å². The fourth-order valence-electron chi connectivity index (χ4n) is 2.52. The molecule has 0 atom stereocenters. The Bertz CT molecular complexity index is 890. The molecule has 0 saturated heterocycles. The summed E-state index contributed by atoms with van der Waals surface area (Å²) in [4.78, 5) is 25.1. The van der Waals surface area contributed by atoms with Crippen molar-refractivity contribution in [1.29, 1.82) is 0 Å². The quantitative estimate of drug-likeness (QED) is 0.788. The van der Waals surface area contributed by atoms with E-state index in [0.29, 0.717) is 16.7 Å². The molecule has 1 N–H and O–H groups in total. The summed E-state index contributed by atoms with van der Waals surface area (Å²) in [6.45, 7) is 0. The van der Waals surface area contributed by atoms with Crippen LogP contribution in [0.1, 0.15) is 18.7 Å². The van der Waals surface area contributed by atoms with Gasteiger partial charge < -0.3 is 5.32 Å². The SMILES string of the molecule is O=C(Nc1ccn(-c2cncc(Cl)c2)n1)C1(c2ncccn2)CC1. The highest BCUT2D eigenvalue weighted by atomic mass is 35.5. The number of hydrogen-bond acceptors (Lipinski definition) is 5. The Morgan fingerprint density at radius 1 is 1.25 bits per heavy atom. The molecule has 0 aromatic carbocycles. The van der Waals surface area contributed by atoms with Gasteiger partial charge in [0.2, 0.25) is 5.91 Å². The van der Waals surface area contributed by atoms with Gasteiger partial charge in [0.05, 0.1) is 16.9 Å². The van der Waals surface area contributed by atoms with Gasteiger partial charge in [-0.1, -0.05) is 11.6 Å². The minimum absolute atomic E-state index is 0.136. The number of rotatable bonds is 4. The van der Waals surface area contributed by atoms with Crippen LogP contribution in [0.3, 0.4) is 0 Å². The molecule has 3 heterocycles. The van der Waals surface area contributed by atoms with Gasteiger partial charge in [-0.2, -0.15) is 5.10 Å². The number of nitrogens with zero attached hydrogens (tertiary/aromatic N) is 5. The summed E-state index contributed by atoms with van der Waals surface area (Å²) in [5.74, 6) is 0.881. The van der Waals surface area contributed by atoms with Gasteiger partial charge in [0.1, 0.15) is 11.2 Å². The minimum Gasteiger partial charge on any atom is -0.308 e. The summed E-state index contributed by atoms with van der Waals surface area (Å²) < 4.78 is 1.60. The standard InChI is InChI=1S/C16H13ClN6O/c17-11-8-12(10-18-9-11)23-7-2-13(22-23)21-15(24)16(3-4-16)14-19-5-1-6-20-14/h1-2,5-10H,3-4H2,(H,21,22,24). The lowest BCUT2D eigenvalue weighted by molar-refractivity contribution is -0.118. The molecule has 0 unspecified atom stereocenters. The second kappa shape index (κ2) is 5.68. The first-order valence-corrected chi connectivity index (χ1v) is 7.81. The molecule has 0 bridgehead atoms. The number of carbonyl (C=O) groups excluding carboxylic acids is 1. The Labute approximate surface area is 142 Å². The molecule has 0 spiro atoms. The van der Waals surface area contributed by atoms with Gasteiger partial charge in [-0.3, -0.25) is 9.78 Å². The third-order valence-electron chi connectivity index (χ3n) is 3.96. The van der Waals surface area contributed by atoms with E-state index in [9.17, 15) is 4.79 Å². The molecular weight excluding hydrogens is 328 g/mol. The number of aromatic nitrogens is 5. The molecule has 24 heavy (non-hydrogen) atoms. The molecule has 8 heteroatoms. The summed E-state index contributed by atoms with van der Waals surface area (Å²) in [6.07, 6.45) is 9.71. The Balaban J connectivity index is 1.53. The molecule has 1 aliphatic rings. The maximum Gasteiger partial charge on any atom is 0.239 e. The number of amides is 1. The minimum atomic E-state index is -0.636. The molecular formula is C16H13ClN6O. The highest BCUT2D eigenvalue weighted by Crippen LogP contribution is 2.47. The van der Waals surface area contributed by atoms with Crippen LogP contribution in [0.2, 0.25) is 5.02 Å². The van der Waals surface area contributed by atoms with Gasteiger partial charge in [-0.05, 0) is 25.0 Å². The van der Waals surface area contributed by atoms with E-state index in [4.69, 9.17) is 11.6 Å². The molecule has 1 aliphatic carbocycles. The van der Waals surface area contributed by atoms with Crippen LogP contribution >= 0.6 is 11.6 Å². The maximum absolute atomic E-state index is 12.6. The fraction of sp³-hybridized carbons (Fsp3) is 0.188. The number of pyridine rings is 1. The van der Waals surface area contributed by atoms with Crippen LogP contribution in [0.25, 0.3) is 5.69 Å². The molecule has 3 aromatic rings. The molecule has 7 nitrogen and oxygen atoms in total. The Morgan fingerprint density at radius 2 is 2.04 bits per heavy atom. The van der Waals surface area contributed by atoms with E-state index in [-0.39, 0.29) is 5.91 Å². The zero-order valence-electron chi connectivity index (χ0n) is 12.6. The number of nitrogens with one attached hydrogen (secondary N) is 1. The van der Waals surface area contributed by atoms with E-state index in [1.54, 1.807) is 53.9 Å². The average Bonchev–Trinajstić information content (AvgIpc) is 3.29. The molecule has 1 saturated carbocycles. The summed E-state index contributed by atoms with van der Waals surface area (Å²) in [7, 11) is 0. The van der Waals surface area contributed by atoms with Crippen molar-refractivity contribution in [3.8, 4) is 5.69 Å². The van der Waals surface area contributed by atoms with Crippen LogP contribution in [0.4, 0.5) is 5.82 Å². The van der Waals surface area contributed by atoms with Crippen LogP contribution in [0.15, 0.2) is 49.2 Å². The smallest absolute Gasteiger partial charge is 0.239 e. The molecule has 0 aliphatic heterocycles. The summed E-state index contributed by atoms with van der Waals surface area (Å²) >= 11 is 5.93. The highest BCUT2D eigenvalue weighted by Gasteiger charge is 2.54. The molecule has 1 amide bonds. The van der Waals surface area contributed by atoms with Crippen molar-refractivity contribution in [1.82, 2.24) is 24.7 Å². The van der Waals surface area contributed by atoms with E-state index in [1.165, 1.54) is 0 Å². The van der Waals surface area contributed by atoms with Gasteiger partial charge in [0.25, 0.3) is 0 Å². The second-order valence-corrected chi connectivity index (χ2v) is 6.05. The van der Waals surface area contributed by atoms with Gasteiger partial charge >= 0.3 is 0 Å². The van der Waals surface area contributed by atoms with Crippen LogP contribution < -0.4 is 5.32 Å². The average molecular weight is 341 g/mol. The second-order valence-electron chi connectivity index (χ2n) is 5.62. The summed E-state index contributed by atoms with van der Waals surface area (Å²) in [6, 6.07) is 5.20. The zero-order valence-corrected chi connectivity index (χ0v) is 13.3.